The second kappa shape index (κ2) is 7.65. The second-order valence-electron chi connectivity index (χ2n) is 6.04. The first kappa shape index (κ1) is 17.3. The lowest BCUT2D eigenvalue weighted by Crippen LogP contribution is -2.36. The number of rotatable bonds is 5. The Bertz CT molecular complexity index is 930. The quantitative estimate of drug-likeness (QED) is 0.594. The molecule has 1 saturated heterocycles. The molecular formula is C19H17FN2O2S2. The highest BCUT2D eigenvalue weighted by molar-refractivity contribution is 7.22. The molecular weight excluding hydrogens is 371 g/mol. The zero-order valence-electron chi connectivity index (χ0n) is 13.9. The van der Waals surface area contributed by atoms with Gasteiger partial charge in [0.25, 0.3) is 5.91 Å². The summed E-state index contributed by atoms with van der Waals surface area (Å²) in [6.07, 6.45) is 5.31. The van der Waals surface area contributed by atoms with E-state index < -0.39 is 0 Å². The minimum atomic E-state index is -0.303. The van der Waals surface area contributed by atoms with Crippen LogP contribution >= 0.6 is 22.7 Å². The Kier molecular flexibility index (Phi) is 5.10. The van der Waals surface area contributed by atoms with Crippen LogP contribution in [0, 0.1) is 5.82 Å². The number of carbonyl (C=O) groups is 1. The number of hydrogen-bond donors (Lipinski definition) is 0. The number of hydrogen-bond acceptors (Lipinski definition) is 5. The fraction of sp³-hybridized carbons (Fsp3) is 0.263. The Morgan fingerprint density at radius 1 is 1.42 bits per heavy atom. The van der Waals surface area contributed by atoms with Crippen LogP contribution in [-0.2, 0) is 9.53 Å². The summed E-state index contributed by atoms with van der Waals surface area (Å²) in [4.78, 5) is 20.0. The van der Waals surface area contributed by atoms with E-state index in [1.54, 1.807) is 28.4 Å². The summed E-state index contributed by atoms with van der Waals surface area (Å²) in [5, 5.41) is 2.54. The molecule has 0 N–H and O–H groups in total. The number of carbonyl (C=O) groups excluding carboxylic acids is 1. The first-order valence-electron chi connectivity index (χ1n) is 8.40. The number of anilines is 1. The minimum absolute atomic E-state index is 0.0119. The minimum Gasteiger partial charge on any atom is -0.376 e. The molecule has 1 unspecified atom stereocenters. The Morgan fingerprint density at radius 3 is 3.12 bits per heavy atom. The van der Waals surface area contributed by atoms with Crippen LogP contribution in [0.4, 0.5) is 9.52 Å². The summed E-state index contributed by atoms with van der Waals surface area (Å²) in [6.45, 7) is 1.18. The lowest BCUT2D eigenvalue weighted by atomic mass is 10.2. The highest BCUT2D eigenvalue weighted by Crippen LogP contribution is 2.30. The first-order chi connectivity index (χ1) is 12.7. The summed E-state index contributed by atoms with van der Waals surface area (Å²) in [7, 11) is 0. The highest BCUT2D eigenvalue weighted by Gasteiger charge is 2.25. The van der Waals surface area contributed by atoms with Crippen LogP contribution in [0.5, 0.6) is 0 Å². The number of thiophene rings is 1. The summed E-state index contributed by atoms with van der Waals surface area (Å²) < 4.78 is 19.9. The van der Waals surface area contributed by atoms with Crippen LogP contribution in [0.1, 0.15) is 17.7 Å². The van der Waals surface area contributed by atoms with Crippen molar-refractivity contribution < 1.29 is 13.9 Å². The van der Waals surface area contributed by atoms with Crippen molar-refractivity contribution in [3.63, 3.8) is 0 Å². The monoisotopic (exact) mass is 388 g/mol. The number of thiazole rings is 1. The van der Waals surface area contributed by atoms with Gasteiger partial charge < -0.3 is 4.74 Å². The number of fused-ring (bicyclic) bond motifs is 1. The third-order valence-electron chi connectivity index (χ3n) is 4.18. The Hall–Kier alpha value is -2.09. The van der Waals surface area contributed by atoms with Gasteiger partial charge in [-0.2, -0.15) is 0 Å². The van der Waals surface area contributed by atoms with E-state index in [-0.39, 0.29) is 17.8 Å². The van der Waals surface area contributed by atoms with E-state index in [4.69, 9.17) is 4.74 Å². The number of nitrogens with zero attached hydrogens (tertiary/aromatic N) is 2. The van der Waals surface area contributed by atoms with Gasteiger partial charge in [-0.15, -0.1) is 11.3 Å². The largest absolute Gasteiger partial charge is 0.376 e. The SMILES string of the molecule is O=C(/C=C/c1cccs1)N(CC1CCCO1)c1nc2ccc(F)cc2s1. The summed E-state index contributed by atoms with van der Waals surface area (Å²) >= 11 is 2.90. The topological polar surface area (TPSA) is 42.4 Å². The molecule has 1 fully saturated rings. The standard InChI is InChI=1S/C19H17FN2O2S2/c20-13-5-7-16-17(11-13)26-19(21-16)22(12-14-3-1-9-24-14)18(23)8-6-15-4-2-10-25-15/h2,4-8,10-11,14H,1,3,9,12H2/b8-6+. The lowest BCUT2D eigenvalue weighted by Gasteiger charge is -2.21. The summed E-state index contributed by atoms with van der Waals surface area (Å²) in [6, 6.07) is 8.38. The molecule has 3 heterocycles. The predicted molar refractivity (Wildman–Crippen MR) is 104 cm³/mol. The molecule has 1 aliphatic rings. The Labute approximate surface area is 158 Å². The molecule has 4 nitrogen and oxygen atoms in total. The fourth-order valence-corrected chi connectivity index (χ4v) is 4.51. The Morgan fingerprint density at radius 2 is 2.35 bits per heavy atom. The molecule has 7 heteroatoms. The maximum Gasteiger partial charge on any atom is 0.252 e. The Balaban J connectivity index is 1.63. The molecule has 1 atom stereocenters. The van der Waals surface area contributed by atoms with Gasteiger partial charge >= 0.3 is 0 Å². The molecule has 1 aromatic carbocycles. The molecule has 0 radical (unpaired) electrons. The third kappa shape index (κ3) is 3.85. The first-order valence-corrected chi connectivity index (χ1v) is 10.1. The van der Waals surface area contributed by atoms with Crippen molar-refractivity contribution >= 4 is 50.0 Å². The molecule has 0 bridgehead atoms. The van der Waals surface area contributed by atoms with Gasteiger partial charge in [0, 0.05) is 17.6 Å². The van der Waals surface area contributed by atoms with Gasteiger partial charge in [0.05, 0.1) is 22.9 Å². The van der Waals surface area contributed by atoms with Crippen molar-refractivity contribution in [1.29, 1.82) is 0 Å². The van der Waals surface area contributed by atoms with Crippen LogP contribution < -0.4 is 4.90 Å². The van der Waals surface area contributed by atoms with E-state index in [2.05, 4.69) is 4.98 Å². The molecule has 0 saturated carbocycles. The molecule has 1 amide bonds. The fourth-order valence-electron chi connectivity index (χ4n) is 2.89. The average Bonchev–Trinajstić information content (AvgIpc) is 3.38. The van der Waals surface area contributed by atoms with Crippen LogP contribution in [0.3, 0.4) is 0 Å². The maximum absolute atomic E-state index is 13.5. The summed E-state index contributed by atoms with van der Waals surface area (Å²) in [5.41, 5.74) is 0.693. The van der Waals surface area contributed by atoms with E-state index in [0.29, 0.717) is 17.2 Å². The number of aromatic nitrogens is 1. The molecule has 134 valence electrons. The van der Waals surface area contributed by atoms with Crippen LogP contribution in [0.2, 0.25) is 0 Å². The van der Waals surface area contributed by atoms with E-state index >= 15 is 0 Å². The number of benzene rings is 1. The molecule has 26 heavy (non-hydrogen) atoms. The second-order valence-corrected chi connectivity index (χ2v) is 8.03. The molecule has 0 aliphatic carbocycles. The summed E-state index contributed by atoms with van der Waals surface area (Å²) in [5.74, 6) is -0.448. The van der Waals surface area contributed by atoms with Gasteiger partial charge in [-0.1, -0.05) is 17.4 Å². The molecule has 4 rings (SSSR count). The van der Waals surface area contributed by atoms with Crippen molar-refractivity contribution in [2.24, 2.45) is 0 Å². The highest BCUT2D eigenvalue weighted by atomic mass is 32.1. The smallest absolute Gasteiger partial charge is 0.252 e. The number of amides is 1. The molecule has 2 aromatic heterocycles. The molecule has 1 aliphatic heterocycles. The molecule has 0 spiro atoms. The average molecular weight is 388 g/mol. The lowest BCUT2D eigenvalue weighted by molar-refractivity contribution is -0.114. The van der Waals surface area contributed by atoms with Gasteiger partial charge in [-0.25, -0.2) is 9.37 Å². The van der Waals surface area contributed by atoms with Crippen molar-refractivity contribution in [3.05, 3.63) is 52.5 Å². The van der Waals surface area contributed by atoms with Gasteiger partial charge in [0.1, 0.15) is 5.82 Å². The van der Waals surface area contributed by atoms with Crippen LogP contribution in [-0.4, -0.2) is 30.1 Å². The van der Waals surface area contributed by atoms with E-state index in [0.717, 1.165) is 29.0 Å². The predicted octanol–water partition coefficient (Wildman–Crippen LogP) is 4.72. The zero-order valence-corrected chi connectivity index (χ0v) is 15.6. The van der Waals surface area contributed by atoms with Crippen molar-refractivity contribution in [2.45, 2.75) is 18.9 Å². The van der Waals surface area contributed by atoms with Crippen molar-refractivity contribution in [2.75, 3.05) is 18.1 Å². The normalized spacial score (nSPS) is 17.3. The van der Waals surface area contributed by atoms with Crippen LogP contribution in [0.15, 0.2) is 41.8 Å². The zero-order chi connectivity index (χ0) is 17.9. The van der Waals surface area contributed by atoms with E-state index in [9.17, 15) is 9.18 Å². The number of ether oxygens (including phenoxy) is 1. The van der Waals surface area contributed by atoms with E-state index in [1.165, 1.54) is 23.5 Å². The third-order valence-corrected chi connectivity index (χ3v) is 6.06. The number of halogens is 1. The van der Waals surface area contributed by atoms with Gasteiger partial charge in [0.2, 0.25) is 0 Å². The maximum atomic E-state index is 13.5. The van der Waals surface area contributed by atoms with Crippen molar-refractivity contribution in [1.82, 2.24) is 4.98 Å². The van der Waals surface area contributed by atoms with Gasteiger partial charge in [-0.3, -0.25) is 9.69 Å². The van der Waals surface area contributed by atoms with Gasteiger partial charge in [0.15, 0.2) is 5.13 Å². The van der Waals surface area contributed by atoms with Gasteiger partial charge in [-0.05, 0) is 48.6 Å². The molecule has 3 aromatic rings. The van der Waals surface area contributed by atoms with E-state index in [1.807, 2.05) is 23.6 Å². The van der Waals surface area contributed by atoms with Crippen LogP contribution in [0.25, 0.3) is 16.3 Å². The van der Waals surface area contributed by atoms with Crippen molar-refractivity contribution in [3.8, 4) is 0 Å².